The first kappa shape index (κ1) is 21.6. The molecule has 3 rings (SSSR count). The molecular formula is C25H29NO4. The van der Waals surface area contributed by atoms with Gasteiger partial charge in [-0.15, -0.1) is 0 Å². The largest absolute Gasteiger partial charge is 0.494 e. The van der Waals surface area contributed by atoms with Crippen molar-refractivity contribution in [2.75, 3.05) is 6.61 Å². The number of esters is 1. The average Bonchev–Trinajstić information content (AvgIpc) is 3.24. The molecule has 0 radical (unpaired) electrons. The zero-order valence-corrected chi connectivity index (χ0v) is 17.7. The summed E-state index contributed by atoms with van der Waals surface area (Å²) < 4.78 is 16.5. The second kappa shape index (κ2) is 11.2. The number of ether oxygens (including phenoxy) is 2. The number of hydrogen-bond acceptors (Lipinski definition) is 5. The molecule has 1 aromatic heterocycles. The van der Waals surface area contributed by atoms with Crippen LogP contribution in [0.4, 0.5) is 0 Å². The van der Waals surface area contributed by atoms with Crippen LogP contribution in [0.5, 0.6) is 11.5 Å². The van der Waals surface area contributed by atoms with Crippen molar-refractivity contribution in [2.24, 2.45) is 0 Å². The first-order valence-electron chi connectivity index (χ1n) is 10.7. The molecule has 0 aliphatic carbocycles. The molecule has 0 saturated heterocycles. The molecule has 0 atom stereocenters. The summed E-state index contributed by atoms with van der Waals surface area (Å²) in [5, 5.41) is 4.14. The van der Waals surface area contributed by atoms with Gasteiger partial charge in [0, 0.05) is 18.1 Å². The zero-order chi connectivity index (χ0) is 21.2. The number of unbranched alkanes of at least 4 members (excludes halogenated alkanes) is 3. The zero-order valence-electron chi connectivity index (χ0n) is 17.7. The Kier molecular flexibility index (Phi) is 8.07. The van der Waals surface area contributed by atoms with Crippen LogP contribution in [0, 0.1) is 0 Å². The quantitative estimate of drug-likeness (QED) is 0.207. The molecule has 1 heterocycles. The van der Waals surface area contributed by atoms with E-state index in [1.165, 1.54) is 12.8 Å². The molecule has 0 aliphatic rings. The number of aryl methyl sites for hydroxylation is 1. The minimum atomic E-state index is -0.400. The normalized spacial score (nSPS) is 10.7. The van der Waals surface area contributed by atoms with Crippen molar-refractivity contribution in [2.45, 2.75) is 52.4 Å². The number of hydrogen-bond donors (Lipinski definition) is 0. The third-order valence-corrected chi connectivity index (χ3v) is 4.80. The Labute approximate surface area is 178 Å². The van der Waals surface area contributed by atoms with Crippen LogP contribution < -0.4 is 9.47 Å². The highest BCUT2D eigenvalue weighted by molar-refractivity contribution is 5.91. The Bertz CT molecular complexity index is 913. The second-order valence-electron chi connectivity index (χ2n) is 7.28. The molecule has 0 spiro atoms. The molecule has 0 N–H and O–H groups in total. The molecule has 5 heteroatoms. The van der Waals surface area contributed by atoms with Crippen LogP contribution in [0.25, 0.3) is 11.3 Å². The van der Waals surface area contributed by atoms with Gasteiger partial charge in [-0.3, -0.25) is 0 Å². The number of aromatic nitrogens is 1. The van der Waals surface area contributed by atoms with Crippen molar-refractivity contribution in [1.82, 2.24) is 5.16 Å². The first-order valence-corrected chi connectivity index (χ1v) is 10.7. The third-order valence-electron chi connectivity index (χ3n) is 4.80. The molecule has 5 nitrogen and oxygen atoms in total. The summed E-state index contributed by atoms with van der Waals surface area (Å²) in [5.41, 5.74) is 2.20. The molecule has 158 valence electrons. The van der Waals surface area contributed by atoms with Crippen molar-refractivity contribution in [1.29, 1.82) is 0 Å². The van der Waals surface area contributed by atoms with E-state index >= 15 is 0 Å². The van der Waals surface area contributed by atoms with E-state index in [0.717, 1.165) is 48.5 Å². The predicted octanol–water partition coefficient (Wildman–Crippen LogP) is 6.47. The number of benzene rings is 2. The van der Waals surface area contributed by atoms with Crippen molar-refractivity contribution in [3.05, 3.63) is 65.9 Å². The highest BCUT2D eigenvalue weighted by Gasteiger charge is 2.11. The summed E-state index contributed by atoms with van der Waals surface area (Å²) in [7, 11) is 0. The summed E-state index contributed by atoms with van der Waals surface area (Å²) in [6, 6.07) is 16.3. The Morgan fingerprint density at radius 3 is 2.30 bits per heavy atom. The van der Waals surface area contributed by atoms with Crippen LogP contribution in [0.2, 0.25) is 0 Å². The average molecular weight is 408 g/mol. The Morgan fingerprint density at radius 2 is 1.60 bits per heavy atom. The van der Waals surface area contributed by atoms with Gasteiger partial charge in [-0.05, 0) is 61.4 Å². The molecule has 0 bridgehead atoms. The maximum absolute atomic E-state index is 12.4. The van der Waals surface area contributed by atoms with Gasteiger partial charge >= 0.3 is 5.97 Å². The first-order chi connectivity index (χ1) is 14.7. The van der Waals surface area contributed by atoms with E-state index < -0.39 is 5.97 Å². The molecule has 0 amide bonds. The van der Waals surface area contributed by atoms with E-state index in [-0.39, 0.29) is 0 Å². The lowest BCUT2D eigenvalue weighted by Gasteiger charge is -2.07. The summed E-state index contributed by atoms with van der Waals surface area (Å²) in [6.07, 6.45) is 6.46. The highest BCUT2D eigenvalue weighted by Crippen LogP contribution is 2.24. The van der Waals surface area contributed by atoms with E-state index in [4.69, 9.17) is 14.0 Å². The fourth-order valence-corrected chi connectivity index (χ4v) is 3.00. The maximum Gasteiger partial charge on any atom is 0.343 e. The van der Waals surface area contributed by atoms with Gasteiger partial charge < -0.3 is 14.0 Å². The van der Waals surface area contributed by atoms with Crippen molar-refractivity contribution in [3.8, 4) is 22.8 Å². The van der Waals surface area contributed by atoms with E-state index in [2.05, 4.69) is 19.0 Å². The monoisotopic (exact) mass is 407 g/mol. The standard InChI is InChI=1S/C25H29NO4/c1-3-5-7-8-23-18-24(26-30-23)19-9-15-22(16-10-19)29-25(27)20-11-13-21(14-12-20)28-17-6-4-2/h9-16,18H,3-8,17H2,1-2H3. The fourth-order valence-electron chi connectivity index (χ4n) is 3.00. The summed E-state index contributed by atoms with van der Waals surface area (Å²) in [5.74, 6) is 1.74. The van der Waals surface area contributed by atoms with E-state index in [9.17, 15) is 4.79 Å². The van der Waals surface area contributed by atoms with Crippen LogP contribution >= 0.6 is 0 Å². The van der Waals surface area contributed by atoms with Gasteiger partial charge in [0.25, 0.3) is 0 Å². The molecule has 3 aromatic rings. The van der Waals surface area contributed by atoms with Crippen LogP contribution in [-0.2, 0) is 6.42 Å². The Balaban J connectivity index is 1.55. The van der Waals surface area contributed by atoms with Gasteiger partial charge in [0.05, 0.1) is 12.2 Å². The van der Waals surface area contributed by atoms with Crippen molar-refractivity contribution in [3.63, 3.8) is 0 Å². The van der Waals surface area contributed by atoms with Crippen LogP contribution in [0.1, 0.15) is 62.1 Å². The van der Waals surface area contributed by atoms with Crippen molar-refractivity contribution >= 4 is 5.97 Å². The minimum absolute atomic E-state index is 0.400. The Morgan fingerprint density at radius 1 is 0.900 bits per heavy atom. The molecule has 0 saturated carbocycles. The van der Waals surface area contributed by atoms with Gasteiger partial charge in [0.1, 0.15) is 23.0 Å². The van der Waals surface area contributed by atoms with Gasteiger partial charge in [0.2, 0.25) is 0 Å². The second-order valence-corrected chi connectivity index (χ2v) is 7.28. The number of carbonyl (C=O) groups is 1. The minimum Gasteiger partial charge on any atom is -0.494 e. The van der Waals surface area contributed by atoms with Gasteiger partial charge in [0.15, 0.2) is 0 Å². The van der Waals surface area contributed by atoms with Gasteiger partial charge in [-0.2, -0.15) is 0 Å². The summed E-state index contributed by atoms with van der Waals surface area (Å²) in [4.78, 5) is 12.4. The summed E-state index contributed by atoms with van der Waals surface area (Å²) >= 11 is 0. The Hall–Kier alpha value is -3.08. The van der Waals surface area contributed by atoms with Crippen molar-refractivity contribution < 1.29 is 18.8 Å². The topological polar surface area (TPSA) is 61.6 Å². The number of carbonyl (C=O) groups excluding carboxylic acids is 1. The lowest BCUT2D eigenvalue weighted by molar-refractivity contribution is 0.0734. The van der Waals surface area contributed by atoms with Gasteiger partial charge in [-0.25, -0.2) is 4.79 Å². The van der Waals surface area contributed by atoms with Gasteiger partial charge in [-0.1, -0.05) is 38.3 Å². The maximum atomic E-state index is 12.4. The smallest absolute Gasteiger partial charge is 0.343 e. The van der Waals surface area contributed by atoms with Crippen LogP contribution in [0.15, 0.2) is 59.1 Å². The number of nitrogens with zero attached hydrogens (tertiary/aromatic N) is 1. The summed E-state index contributed by atoms with van der Waals surface area (Å²) in [6.45, 7) is 4.98. The lowest BCUT2D eigenvalue weighted by atomic mass is 10.1. The molecule has 0 aliphatic heterocycles. The third kappa shape index (κ3) is 6.21. The van der Waals surface area contributed by atoms with E-state index in [1.807, 2.05) is 18.2 Å². The molecule has 0 fully saturated rings. The van der Waals surface area contributed by atoms with Crippen LogP contribution in [0.3, 0.4) is 0 Å². The van der Waals surface area contributed by atoms with E-state index in [1.54, 1.807) is 36.4 Å². The number of rotatable bonds is 11. The SMILES string of the molecule is CCCCCc1cc(-c2ccc(OC(=O)c3ccc(OCCCC)cc3)cc2)no1. The molecular weight excluding hydrogens is 378 g/mol. The molecule has 0 unspecified atom stereocenters. The molecule has 30 heavy (non-hydrogen) atoms. The highest BCUT2D eigenvalue weighted by atomic mass is 16.5. The van der Waals surface area contributed by atoms with Crippen LogP contribution in [-0.4, -0.2) is 17.7 Å². The fraction of sp³-hybridized carbons (Fsp3) is 0.360. The molecule has 2 aromatic carbocycles. The lowest BCUT2D eigenvalue weighted by Crippen LogP contribution is -2.08. The predicted molar refractivity (Wildman–Crippen MR) is 117 cm³/mol. The van der Waals surface area contributed by atoms with E-state index in [0.29, 0.717) is 17.9 Å².